The average Bonchev–Trinajstić information content (AvgIpc) is 3.26. The third-order valence-electron chi connectivity index (χ3n) is 3.69. The van der Waals surface area contributed by atoms with Crippen molar-refractivity contribution in [3.8, 4) is 23.1 Å². The molecule has 0 radical (unpaired) electrons. The lowest BCUT2D eigenvalue weighted by molar-refractivity contribution is 0.345. The summed E-state index contributed by atoms with van der Waals surface area (Å²) in [4.78, 5) is 12.7. The molecule has 9 heteroatoms. The Kier molecular flexibility index (Phi) is 4.63. The monoisotopic (exact) mass is 333 g/mol. The Labute approximate surface area is 138 Å². The van der Waals surface area contributed by atoms with E-state index in [4.69, 9.17) is 4.52 Å². The third kappa shape index (κ3) is 3.22. The normalized spacial score (nSPS) is 17.7. The average molecular weight is 334 g/mol. The van der Waals surface area contributed by atoms with Gasteiger partial charge in [-0.25, -0.2) is 9.67 Å². The molecule has 1 aliphatic heterocycles. The fraction of sp³-hybridized carbons (Fsp3) is 0.357. The predicted octanol–water partition coefficient (Wildman–Crippen LogP) is 1.74. The Hall–Kier alpha value is -2.32. The van der Waals surface area contributed by atoms with Crippen LogP contribution in [0.4, 0.5) is 0 Å². The number of aromatic nitrogens is 6. The van der Waals surface area contributed by atoms with Gasteiger partial charge in [0.2, 0.25) is 11.6 Å². The van der Waals surface area contributed by atoms with Crippen LogP contribution in [0.1, 0.15) is 18.9 Å². The summed E-state index contributed by atoms with van der Waals surface area (Å²) in [7, 11) is 0. The molecule has 0 aromatic carbocycles. The van der Waals surface area contributed by atoms with Gasteiger partial charge in [-0.15, -0.1) is 17.5 Å². The largest absolute Gasteiger partial charge is 0.330 e. The van der Waals surface area contributed by atoms with E-state index < -0.39 is 0 Å². The molecular weight excluding hydrogens is 318 g/mol. The van der Waals surface area contributed by atoms with Gasteiger partial charge in [-0.3, -0.25) is 4.98 Å². The van der Waals surface area contributed by atoms with Gasteiger partial charge in [-0.1, -0.05) is 5.16 Å². The van der Waals surface area contributed by atoms with Crippen molar-refractivity contribution in [2.45, 2.75) is 18.9 Å². The second kappa shape index (κ2) is 6.84. The van der Waals surface area contributed by atoms with E-state index in [0.717, 1.165) is 31.5 Å². The van der Waals surface area contributed by atoms with Crippen LogP contribution >= 0.6 is 12.4 Å². The number of nitrogens with zero attached hydrogens (tertiary/aromatic N) is 6. The zero-order valence-corrected chi connectivity index (χ0v) is 13.1. The second-order valence-electron chi connectivity index (χ2n) is 5.21. The van der Waals surface area contributed by atoms with Crippen LogP contribution in [-0.4, -0.2) is 43.0 Å². The molecule has 120 valence electrons. The van der Waals surface area contributed by atoms with Crippen LogP contribution in [0.3, 0.4) is 0 Å². The molecule has 0 amide bonds. The molecule has 23 heavy (non-hydrogen) atoms. The lowest BCUT2D eigenvalue weighted by Crippen LogP contribution is -2.31. The van der Waals surface area contributed by atoms with Crippen molar-refractivity contribution in [2.75, 3.05) is 13.1 Å². The van der Waals surface area contributed by atoms with Crippen molar-refractivity contribution in [1.29, 1.82) is 0 Å². The highest BCUT2D eigenvalue weighted by atomic mass is 35.5. The van der Waals surface area contributed by atoms with Crippen molar-refractivity contribution in [2.24, 2.45) is 0 Å². The maximum Gasteiger partial charge on any atom is 0.297 e. The van der Waals surface area contributed by atoms with Crippen LogP contribution in [0.2, 0.25) is 0 Å². The first-order chi connectivity index (χ1) is 10.9. The number of nitrogens with one attached hydrogen (secondary N) is 1. The zero-order chi connectivity index (χ0) is 14.8. The lowest BCUT2D eigenvalue weighted by Gasteiger charge is -2.22. The molecule has 4 rings (SSSR count). The zero-order valence-electron chi connectivity index (χ0n) is 12.3. The van der Waals surface area contributed by atoms with Gasteiger partial charge in [0.1, 0.15) is 6.33 Å². The SMILES string of the molecule is Cl.c1cncc(-c2noc(-c3ncn(C4CCCNC4)n3)n2)c1. The lowest BCUT2D eigenvalue weighted by atomic mass is 10.1. The van der Waals surface area contributed by atoms with Crippen LogP contribution in [0, 0.1) is 0 Å². The number of pyridine rings is 1. The Morgan fingerprint density at radius 1 is 1.30 bits per heavy atom. The molecule has 0 bridgehead atoms. The van der Waals surface area contributed by atoms with E-state index in [-0.39, 0.29) is 12.4 Å². The van der Waals surface area contributed by atoms with E-state index in [1.807, 2.05) is 16.8 Å². The molecule has 1 unspecified atom stereocenters. The van der Waals surface area contributed by atoms with E-state index >= 15 is 0 Å². The van der Waals surface area contributed by atoms with Crippen LogP contribution in [0.5, 0.6) is 0 Å². The summed E-state index contributed by atoms with van der Waals surface area (Å²) in [6.45, 7) is 1.98. The van der Waals surface area contributed by atoms with Gasteiger partial charge in [-0.05, 0) is 31.5 Å². The van der Waals surface area contributed by atoms with E-state index in [1.54, 1.807) is 18.7 Å². The number of piperidine rings is 1. The van der Waals surface area contributed by atoms with E-state index in [1.165, 1.54) is 0 Å². The second-order valence-corrected chi connectivity index (χ2v) is 5.21. The first-order valence-corrected chi connectivity index (χ1v) is 7.26. The summed E-state index contributed by atoms with van der Waals surface area (Å²) in [6.07, 6.45) is 7.35. The summed E-state index contributed by atoms with van der Waals surface area (Å²) in [5, 5.41) is 11.8. The van der Waals surface area contributed by atoms with E-state index in [2.05, 4.69) is 30.5 Å². The van der Waals surface area contributed by atoms with Crippen molar-refractivity contribution in [3.05, 3.63) is 30.9 Å². The molecule has 1 fully saturated rings. The first-order valence-electron chi connectivity index (χ1n) is 7.26. The molecule has 3 aromatic rings. The Balaban J connectivity index is 0.00000156. The summed E-state index contributed by atoms with van der Waals surface area (Å²) in [5.74, 6) is 1.26. The van der Waals surface area contributed by atoms with Crippen LogP contribution in [-0.2, 0) is 0 Å². The van der Waals surface area contributed by atoms with Crippen molar-refractivity contribution < 1.29 is 4.52 Å². The molecule has 0 spiro atoms. The van der Waals surface area contributed by atoms with Gasteiger partial charge in [-0.2, -0.15) is 4.98 Å². The Bertz CT molecular complexity index is 751. The minimum absolute atomic E-state index is 0. The predicted molar refractivity (Wildman–Crippen MR) is 84.9 cm³/mol. The van der Waals surface area contributed by atoms with E-state index in [9.17, 15) is 0 Å². The van der Waals surface area contributed by atoms with Gasteiger partial charge in [0, 0.05) is 24.5 Å². The van der Waals surface area contributed by atoms with Gasteiger partial charge >= 0.3 is 0 Å². The molecule has 1 N–H and O–H groups in total. The first kappa shape index (κ1) is 15.6. The molecule has 1 saturated heterocycles. The molecule has 8 nitrogen and oxygen atoms in total. The number of hydrogen-bond donors (Lipinski definition) is 1. The fourth-order valence-corrected chi connectivity index (χ4v) is 2.53. The van der Waals surface area contributed by atoms with Crippen LogP contribution in [0.25, 0.3) is 23.1 Å². The topological polar surface area (TPSA) is 94.5 Å². The number of halogens is 1. The molecule has 3 aromatic heterocycles. The fourth-order valence-electron chi connectivity index (χ4n) is 2.53. The van der Waals surface area contributed by atoms with Gasteiger partial charge in [0.25, 0.3) is 5.89 Å². The van der Waals surface area contributed by atoms with Crippen LogP contribution < -0.4 is 5.32 Å². The maximum atomic E-state index is 5.26. The van der Waals surface area contributed by atoms with Gasteiger partial charge in [0.15, 0.2) is 0 Å². The van der Waals surface area contributed by atoms with Crippen LogP contribution in [0.15, 0.2) is 35.4 Å². The van der Waals surface area contributed by atoms with Gasteiger partial charge in [0.05, 0.1) is 6.04 Å². The molecular formula is C14H16ClN7O. The highest BCUT2D eigenvalue weighted by Gasteiger charge is 2.19. The smallest absolute Gasteiger partial charge is 0.297 e. The Morgan fingerprint density at radius 3 is 3.04 bits per heavy atom. The summed E-state index contributed by atoms with van der Waals surface area (Å²) < 4.78 is 7.13. The minimum atomic E-state index is 0. The summed E-state index contributed by atoms with van der Waals surface area (Å²) >= 11 is 0. The molecule has 0 aliphatic carbocycles. The molecule has 0 saturated carbocycles. The van der Waals surface area contributed by atoms with E-state index in [0.29, 0.717) is 23.6 Å². The Morgan fingerprint density at radius 2 is 2.26 bits per heavy atom. The summed E-state index contributed by atoms with van der Waals surface area (Å²) in [6, 6.07) is 4.03. The van der Waals surface area contributed by atoms with Crippen molar-refractivity contribution in [1.82, 2.24) is 35.2 Å². The summed E-state index contributed by atoms with van der Waals surface area (Å²) in [5.41, 5.74) is 0.799. The highest BCUT2D eigenvalue weighted by molar-refractivity contribution is 5.85. The molecule has 1 aliphatic rings. The van der Waals surface area contributed by atoms with Gasteiger partial charge < -0.3 is 9.84 Å². The van der Waals surface area contributed by atoms with Crippen molar-refractivity contribution >= 4 is 12.4 Å². The number of hydrogen-bond acceptors (Lipinski definition) is 7. The third-order valence-corrected chi connectivity index (χ3v) is 3.69. The maximum absolute atomic E-state index is 5.26. The number of rotatable bonds is 3. The molecule has 4 heterocycles. The quantitative estimate of drug-likeness (QED) is 0.780. The van der Waals surface area contributed by atoms with Crippen molar-refractivity contribution in [3.63, 3.8) is 0 Å². The molecule has 1 atom stereocenters. The minimum Gasteiger partial charge on any atom is -0.330 e. The highest BCUT2D eigenvalue weighted by Crippen LogP contribution is 2.20. The standard InChI is InChI=1S/C14H15N7O.ClH/c1-3-10(7-15-5-1)12-18-14(22-20-12)13-17-9-21(19-13)11-4-2-6-16-8-11;/h1,3,5,7,9,11,16H,2,4,6,8H2;1H.